The van der Waals surface area contributed by atoms with Crippen molar-refractivity contribution in [1.29, 1.82) is 0 Å². The van der Waals surface area contributed by atoms with Gasteiger partial charge < -0.3 is 10.6 Å². The zero-order valence-electron chi connectivity index (χ0n) is 12.5. The Bertz CT molecular complexity index is 441. The fraction of sp³-hybridized carbons (Fsp3) is 0.562. The number of amides is 2. The van der Waals surface area contributed by atoms with E-state index in [-0.39, 0.29) is 6.03 Å². The third-order valence-electron chi connectivity index (χ3n) is 3.66. The van der Waals surface area contributed by atoms with Crippen LogP contribution in [0.3, 0.4) is 0 Å². The minimum atomic E-state index is 0.000756. The molecule has 1 heterocycles. The fourth-order valence-electron chi connectivity index (χ4n) is 2.70. The van der Waals surface area contributed by atoms with Gasteiger partial charge in [0.05, 0.1) is 0 Å². The molecule has 0 spiro atoms. The number of benzene rings is 1. The minimum absolute atomic E-state index is 0.000756. The first-order valence-corrected chi connectivity index (χ1v) is 7.66. The van der Waals surface area contributed by atoms with E-state index in [1.165, 1.54) is 25.7 Å². The number of rotatable bonds is 7. The van der Waals surface area contributed by atoms with Gasteiger partial charge in [-0.25, -0.2) is 4.79 Å². The van der Waals surface area contributed by atoms with Crippen molar-refractivity contribution in [2.24, 2.45) is 0 Å². The average Bonchev–Trinajstić information content (AvgIpc) is 2.86. The zero-order chi connectivity index (χ0) is 14.4. The summed E-state index contributed by atoms with van der Waals surface area (Å²) in [5.41, 5.74) is 2.07. The highest BCUT2D eigenvalue weighted by Crippen LogP contribution is 2.22. The van der Waals surface area contributed by atoms with E-state index in [0.29, 0.717) is 6.04 Å². The maximum Gasteiger partial charge on any atom is 0.321 e. The topological polar surface area (TPSA) is 44.4 Å². The minimum Gasteiger partial charge on any atom is -0.382 e. The number of anilines is 2. The second kappa shape index (κ2) is 7.17. The molecule has 2 amide bonds. The van der Waals surface area contributed by atoms with Gasteiger partial charge in [-0.2, -0.15) is 0 Å². The summed E-state index contributed by atoms with van der Waals surface area (Å²) >= 11 is 0. The van der Waals surface area contributed by atoms with Gasteiger partial charge in [0.15, 0.2) is 0 Å². The van der Waals surface area contributed by atoms with Crippen LogP contribution in [0.1, 0.15) is 39.5 Å². The highest BCUT2D eigenvalue weighted by Gasteiger charge is 2.21. The van der Waals surface area contributed by atoms with Crippen molar-refractivity contribution in [3.05, 3.63) is 24.3 Å². The largest absolute Gasteiger partial charge is 0.382 e. The van der Waals surface area contributed by atoms with Gasteiger partial charge in [0.1, 0.15) is 0 Å². The van der Waals surface area contributed by atoms with Gasteiger partial charge in [0.25, 0.3) is 0 Å². The summed E-state index contributed by atoms with van der Waals surface area (Å²) in [4.78, 5) is 13.5. The van der Waals surface area contributed by atoms with Crippen molar-refractivity contribution in [3.63, 3.8) is 0 Å². The summed E-state index contributed by atoms with van der Waals surface area (Å²) in [6, 6.07) is 8.68. The van der Waals surface area contributed by atoms with Crippen molar-refractivity contribution in [2.45, 2.75) is 45.6 Å². The molecule has 1 aromatic carbocycles. The average molecular weight is 275 g/mol. The molecule has 1 fully saturated rings. The fourth-order valence-corrected chi connectivity index (χ4v) is 2.70. The molecule has 0 aliphatic carbocycles. The molecule has 20 heavy (non-hydrogen) atoms. The highest BCUT2D eigenvalue weighted by atomic mass is 16.2. The van der Waals surface area contributed by atoms with Crippen LogP contribution in [0, 0.1) is 0 Å². The quantitative estimate of drug-likeness (QED) is 0.798. The SMILES string of the molecule is CCCC(CCC)Nc1cccc(N2CCNC2=O)c1. The number of hydrogen-bond acceptors (Lipinski definition) is 2. The third kappa shape index (κ3) is 3.65. The number of carbonyl (C=O) groups excluding carboxylic acids is 1. The lowest BCUT2D eigenvalue weighted by atomic mass is 10.1. The summed E-state index contributed by atoms with van der Waals surface area (Å²) in [5.74, 6) is 0. The number of urea groups is 1. The molecule has 1 aliphatic rings. The molecule has 0 saturated carbocycles. The van der Waals surface area contributed by atoms with Crippen molar-refractivity contribution in [1.82, 2.24) is 5.32 Å². The summed E-state index contributed by atoms with van der Waals surface area (Å²) in [7, 11) is 0. The Morgan fingerprint density at radius 1 is 1.30 bits per heavy atom. The molecule has 0 bridgehead atoms. The molecule has 2 N–H and O–H groups in total. The smallest absolute Gasteiger partial charge is 0.321 e. The van der Waals surface area contributed by atoms with Crippen molar-refractivity contribution < 1.29 is 4.79 Å². The van der Waals surface area contributed by atoms with Crippen LogP contribution in [0.5, 0.6) is 0 Å². The summed E-state index contributed by atoms with van der Waals surface area (Å²) in [5, 5.41) is 6.44. The third-order valence-corrected chi connectivity index (χ3v) is 3.66. The van der Waals surface area contributed by atoms with E-state index >= 15 is 0 Å². The van der Waals surface area contributed by atoms with E-state index in [1.54, 1.807) is 4.90 Å². The molecule has 0 radical (unpaired) electrons. The van der Waals surface area contributed by atoms with Crippen LogP contribution in [0.2, 0.25) is 0 Å². The molecule has 0 unspecified atom stereocenters. The van der Waals surface area contributed by atoms with Crippen LogP contribution >= 0.6 is 0 Å². The molecule has 4 heteroatoms. The Morgan fingerprint density at radius 2 is 2.05 bits per heavy atom. The zero-order valence-corrected chi connectivity index (χ0v) is 12.5. The molecule has 4 nitrogen and oxygen atoms in total. The number of carbonyl (C=O) groups is 1. The molecule has 2 rings (SSSR count). The lowest BCUT2D eigenvalue weighted by Crippen LogP contribution is -2.27. The van der Waals surface area contributed by atoms with Crippen LogP contribution in [-0.2, 0) is 0 Å². The Balaban J connectivity index is 2.06. The highest BCUT2D eigenvalue weighted by molar-refractivity contribution is 5.94. The number of hydrogen-bond donors (Lipinski definition) is 2. The molecule has 1 aliphatic heterocycles. The Labute approximate surface area is 121 Å². The molecule has 0 aromatic heterocycles. The van der Waals surface area contributed by atoms with Crippen LogP contribution < -0.4 is 15.5 Å². The van der Waals surface area contributed by atoms with Gasteiger partial charge in [0.2, 0.25) is 0 Å². The van der Waals surface area contributed by atoms with E-state index in [2.05, 4.69) is 36.6 Å². The molecular weight excluding hydrogens is 250 g/mol. The Hall–Kier alpha value is -1.71. The second-order valence-electron chi connectivity index (χ2n) is 5.35. The molecule has 1 aromatic rings. The summed E-state index contributed by atoms with van der Waals surface area (Å²) in [6.07, 6.45) is 4.74. The van der Waals surface area contributed by atoms with Gasteiger partial charge in [-0.1, -0.05) is 32.8 Å². The van der Waals surface area contributed by atoms with E-state index in [4.69, 9.17) is 0 Å². The first-order chi connectivity index (χ1) is 9.74. The predicted molar refractivity (Wildman–Crippen MR) is 84.4 cm³/mol. The number of nitrogens with one attached hydrogen (secondary N) is 2. The van der Waals surface area contributed by atoms with Crippen LogP contribution in [0.4, 0.5) is 16.2 Å². The molecule has 1 saturated heterocycles. The number of nitrogens with zero attached hydrogens (tertiary/aromatic N) is 1. The summed E-state index contributed by atoms with van der Waals surface area (Å²) < 4.78 is 0. The monoisotopic (exact) mass is 275 g/mol. The predicted octanol–water partition coefficient (Wildman–Crippen LogP) is 3.60. The van der Waals surface area contributed by atoms with Gasteiger partial charge in [-0.3, -0.25) is 4.90 Å². The van der Waals surface area contributed by atoms with Crippen LogP contribution in [0.25, 0.3) is 0 Å². The standard InChI is InChI=1S/C16H25N3O/c1-3-6-13(7-4-2)18-14-8-5-9-15(12-14)19-11-10-17-16(19)20/h5,8-9,12-13,18H,3-4,6-7,10-11H2,1-2H3,(H,17,20). The molecular formula is C16H25N3O. The normalized spacial score (nSPS) is 14.8. The Morgan fingerprint density at radius 3 is 2.65 bits per heavy atom. The molecule has 110 valence electrons. The van der Waals surface area contributed by atoms with Crippen molar-refractivity contribution in [3.8, 4) is 0 Å². The van der Waals surface area contributed by atoms with Crippen molar-refractivity contribution in [2.75, 3.05) is 23.3 Å². The lowest BCUT2D eigenvalue weighted by molar-refractivity contribution is 0.252. The van der Waals surface area contributed by atoms with Gasteiger partial charge in [-0.15, -0.1) is 0 Å². The van der Waals surface area contributed by atoms with E-state index in [1.807, 2.05) is 12.1 Å². The van der Waals surface area contributed by atoms with Crippen LogP contribution in [0.15, 0.2) is 24.3 Å². The van der Waals surface area contributed by atoms with Crippen LogP contribution in [-0.4, -0.2) is 25.2 Å². The van der Waals surface area contributed by atoms with Gasteiger partial charge in [0, 0.05) is 30.5 Å². The van der Waals surface area contributed by atoms with E-state index in [0.717, 1.165) is 24.5 Å². The first-order valence-electron chi connectivity index (χ1n) is 7.66. The maximum absolute atomic E-state index is 11.7. The van der Waals surface area contributed by atoms with Gasteiger partial charge >= 0.3 is 6.03 Å². The Kier molecular flexibility index (Phi) is 5.27. The van der Waals surface area contributed by atoms with E-state index in [9.17, 15) is 4.79 Å². The molecule has 0 atom stereocenters. The van der Waals surface area contributed by atoms with Crippen molar-refractivity contribution >= 4 is 17.4 Å². The van der Waals surface area contributed by atoms with Gasteiger partial charge in [-0.05, 0) is 31.0 Å². The first kappa shape index (κ1) is 14.7. The lowest BCUT2D eigenvalue weighted by Gasteiger charge is -2.21. The second-order valence-corrected chi connectivity index (χ2v) is 5.35. The summed E-state index contributed by atoms with van der Waals surface area (Å²) in [6.45, 7) is 5.91. The van der Waals surface area contributed by atoms with E-state index < -0.39 is 0 Å². The maximum atomic E-state index is 11.7.